The molecule has 0 saturated heterocycles. The number of hydrogen-bond acceptors (Lipinski definition) is 4. The number of nitrogens with one attached hydrogen (secondary N) is 1. The summed E-state index contributed by atoms with van der Waals surface area (Å²) in [6.45, 7) is 5.19. The molecule has 0 heterocycles. The van der Waals surface area contributed by atoms with E-state index in [1.807, 2.05) is 13.8 Å². The summed E-state index contributed by atoms with van der Waals surface area (Å²) in [5, 5.41) is 22.4. The van der Waals surface area contributed by atoms with E-state index in [9.17, 15) is 19.3 Å². The zero-order valence-electron chi connectivity index (χ0n) is 11.5. The van der Waals surface area contributed by atoms with Crippen molar-refractivity contribution < 1.29 is 19.2 Å². The summed E-state index contributed by atoms with van der Waals surface area (Å²) < 4.78 is 13.8. The van der Waals surface area contributed by atoms with Gasteiger partial charge in [0.2, 0.25) is 0 Å². The van der Waals surface area contributed by atoms with E-state index >= 15 is 0 Å². The van der Waals surface area contributed by atoms with Crippen molar-refractivity contribution in [1.29, 1.82) is 0 Å². The average Bonchev–Trinajstić information content (AvgIpc) is 2.31. The summed E-state index contributed by atoms with van der Waals surface area (Å²) in [6.07, 6.45) is 0.324. The second-order valence-electron chi connectivity index (χ2n) is 5.04. The molecule has 110 valence electrons. The molecule has 7 heteroatoms. The summed E-state index contributed by atoms with van der Waals surface area (Å²) in [6, 6.07) is 1.11. The van der Waals surface area contributed by atoms with Crippen LogP contribution in [-0.2, 0) is 4.79 Å². The van der Waals surface area contributed by atoms with Crippen LogP contribution >= 0.6 is 0 Å². The molecule has 20 heavy (non-hydrogen) atoms. The van der Waals surface area contributed by atoms with E-state index in [0.717, 1.165) is 6.07 Å². The van der Waals surface area contributed by atoms with Crippen molar-refractivity contribution >= 4 is 17.3 Å². The van der Waals surface area contributed by atoms with E-state index in [-0.39, 0.29) is 22.9 Å². The molecular weight excluding hydrogens is 267 g/mol. The normalized spacial score (nSPS) is 12.2. The maximum atomic E-state index is 13.8. The van der Waals surface area contributed by atoms with E-state index in [0.29, 0.717) is 6.42 Å². The van der Waals surface area contributed by atoms with Crippen LogP contribution in [0.5, 0.6) is 0 Å². The molecule has 0 fully saturated rings. The Labute approximate surface area is 115 Å². The Kier molecular flexibility index (Phi) is 5.01. The van der Waals surface area contributed by atoms with Crippen LogP contribution in [0.15, 0.2) is 12.1 Å². The van der Waals surface area contributed by atoms with Crippen molar-refractivity contribution in [2.45, 2.75) is 33.2 Å². The summed E-state index contributed by atoms with van der Waals surface area (Å²) >= 11 is 0. The lowest BCUT2D eigenvalue weighted by Crippen LogP contribution is -2.31. The number of nitrogens with zero attached hydrogens (tertiary/aromatic N) is 1. The van der Waals surface area contributed by atoms with Crippen molar-refractivity contribution in [2.24, 2.45) is 5.92 Å². The second kappa shape index (κ2) is 6.31. The van der Waals surface area contributed by atoms with Crippen LogP contribution in [0.25, 0.3) is 0 Å². The van der Waals surface area contributed by atoms with Crippen molar-refractivity contribution in [1.82, 2.24) is 0 Å². The van der Waals surface area contributed by atoms with Crippen LogP contribution in [0.2, 0.25) is 0 Å². The van der Waals surface area contributed by atoms with Gasteiger partial charge >= 0.3 is 5.97 Å². The number of aryl methyl sites for hydroxylation is 1. The first kappa shape index (κ1) is 15.9. The Hall–Kier alpha value is -2.18. The molecule has 1 aromatic rings. The minimum absolute atomic E-state index is 0.0406. The third kappa shape index (κ3) is 3.91. The average molecular weight is 284 g/mol. The summed E-state index contributed by atoms with van der Waals surface area (Å²) in [7, 11) is 0. The number of benzene rings is 1. The highest BCUT2D eigenvalue weighted by atomic mass is 19.1. The number of nitro benzene ring substituents is 1. The molecule has 1 unspecified atom stereocenters. The topological polar surface area (TPSA) is 92.5 Å². The summed E-state index contributed by atoms with van der Waals surface area (Å²) in [4.78, 5) is 21.1. The fourth-order valence-corrected chi connectivity index (χ4v) is 1.86. The van der Waals surface area contributed by atoms with Gasteiger partial charge in [-0.1, -0.05) is 13.8 Å². The molecule has 0 amide bonds. The van der Waals surface area contributed by atoms with Gasteiger partial charge in [0.1, 0.15) is 6.04 Å². The molecule has 0 spiro atoms. The highest BCUT2D eigenvalue weighted by molar-refractivity contribution is 5.77. The van der Waals surface area contributed by atoms with Gasteiger partial charge in [-0.25, -0.2) is 9.18 Å². The first-order valence-electron chi connectivity index (χ1n) is 6.16. The molecule has 6 nitrogen and oxygen atoms in total. The number of aliphatic carboxylic acids is 1. The predicted molar refractivity (Wildman–Crippen MR) is 72.3 cm³/mol. The molecule has 0 aliphatic carbocycles. The highest BCUT2D eigenvalue weighted by Gasteiger charge is 2.22. The van der Waals surface area contributed by atoms with Gasteiger partial charge in [-0.2, -0.15) is 0 Å². The molecule has 1 atom stereocenters. The minimum Gasteiger partial charge on any atom is -0.480 e. The number of carboxylic acid groups (broad SMARTS) is 1. The van der Waals surface area contributed by atoms with Gasteiger partial charge in [0.05, 0.1) is 16.7 Å². The molecule has 0 aromatic heterocycles. The van der Waals surface area contributed by atoms with E-state index in [2.05, 4.69) is 5.32 Å². The molecule has 0 aliphatic heterocycles. The fourth-order valence-electron chi connectivity index (χ4n) is 1.86. The van der Waals surface area contributed by atoms with E-state index < -0.39 is 22.8 Å². The Morgan fingerprint density at radius 2 is 2.10 bits per heavy atom. The fraction of sp³-hybridized carbons (Fsp3) is 0.462. The lowest BCUT2D eigenvalue weighted by Gasteiger charge is -2.18. The van der Waals surface area contributed by atoms with E-state index in [1.165, 1.54) is 13.0 Å². The monoisotopic (exact) mass is 284 g/mol. The van der Waals surface area contributed by atoms with Gasteiger partial charge < -0.3 is 10.4 Å². The largest absolute Gasteiger partial charge is 0.480 e. The van der Waals surface area contributed by atoms with Crippen LogP contribution in [0.1, 0.15) is 25.8 Å². The minimum atomic E-state index is -1.09. The molecule has 0 aliphatic rings. The van der Waals surface area contributed by atoms with Gasteiger partial charge in [0.25, 0.3) is 5.69 Å². The van der Waals surface area contributed by atoms with E-state index in [4.69, 9.17) is 5.11 Å². The van der Waals surface area contributed by atoms with Crippen molar-refractivity contribution in [2.75, 3.05) is 5.32 Å². The third-order valence-corrected chi connectivity index (χ3v) is 2.82. The Morgan fingerprint density at radius 3 is 2.55 bits per heavy atom. The van der Waals surface area contributed by atoms with Crippen LogP contribution in [0.4, 0.5) is 15.8 Å². The third-order valence-electron chi connectivity index (χ3n) is 2.82. The van der Waals surface area contributed by atoms with Gasteiger partial charge in [-0.3, -0.25) is 10.1 Å². The Balaban J connectivity index is 3.05. The van der Waals surface area contributed by atoms with Crippen LogP contribution in [0, 0.1) is 28.8 Å². The number of nitro groups is 1. The standard InChI is InChI=1S/C13H17FN2O4/c1-7(2)4-11(13(17)18)15-10-5-8(3)12(16(19)20)6-9(10)14/h5-7,11,15H,4H2,1-3H3,(H,17,18). The van der Waals surface area contributed by atoms with Crippen LogP contribution in [0.3, 0.4) is 0 Å². The number of halogens is 1. The maximum absolute atomic E-state index is 13.8. The first-order valence-corrected chi connectivity index (χ1v) is 6.16. The molecular formula is C13H17FN2O4. The molecule has 1 aromatic carbocycles. The van der Waals surface area contributed by atoms with Crippen molar-refractivity contribution in [3.8, 4) is 0 Å². The van der Waals surface area contributed by atoms with Gasteiger partial charge in [-0.15, -0.1) is 0 Å². The SMILES string of the molecule is Cc1cc(NC(CC(C)C)C(=O)O)c(F)cc1[N+](=O)[O-]. The predicted octanol–water partition coefficient (Wildman–Crippen LogP) is 2.95. The lowest BCUT2D eigenvalue weighted by molar-refractivity contribution is -0.385. The molecule has 0 bridgehead atoms. The number of carbonyl (C=O) groups is 1. The van der Waals surface area contributed by atoms with Gasteiger partial charge in [0.15, 0.2) is 5.82 Å². The number of anilines is 1. The zero-order valence-corrected chi connectivity index (χ0v) is 11.5. The lowest BCUT2D eigenvalue weighted by atomic mass is 10.0. The summed E-state index contributed by atoms with van der Waals surface area (Å²) in [5.41, 5.74) is -0.0995. The molecule has 0 saturated carbocycles. The van der Waals surface area contributed by atoms with E-state index in [1.54, 1.807) is 0 Å². The first-order chi connectivity index (χ1) is 9.22. The van der Waals surface area contributed by atoms with Crippen LogP contribution < -0.4 is 5.32 Å². The maximum Gasteiger partial charge on any atom is 0.326 e. The summed E-state index contributed by atoms with van der Waals surface area (Å²) in [5.74, 6) is -1.81. The van der Waals surface area contributed by atoms with Gasteiger partial charge in [0, 0.05) is 5.56 Å². The number of rotatable bonds is 6. The smallest absolute Gasteiger partial charge is 0.326 e. The quantitative estimate of drug-likeness (QED) is 0.619. The zero-order chi connectivity index (χ0) is 15.4. The van der Waals surface area contributed by atoms with Gasteiger partial charge in [-0.05, 0) is 25.3 Å². The van der Waals surface area contributed by atoms with Crippen molar-refractivity contribution in [3.05, 3.63) is 33.6 Å². The second-order valence-corrected chi connectivity index (χ2v) is 5.04. The van der Waals surface area contributed by atoms with Crippen molar-refractivity contribution in [3.63, 3.8) is 0 Å². The molecule has 1 rings (SSSR count). The Bertz CT molecular complexity index is 531. The van der Waals surface area contributed by atoms with Crippen LogP contribution in [-0.4, -0.2) is 22.0 Å². The number of carboxylic acids is 1. The molecule has 2 N–H and O–H groups in total. The Morgan fingerprint density at radius 1 is 1.50 bits per heavy atom. The molecule has 0 radical (unpaired) electrons. The number of hydrogen-bond donors (Lipinski definition) is 2. The highest BCUT2D eigenvalue weighted by Crippen LogP contribution is 2.26.